The van der Waals surface area contributed by atoms with Crippen molar-refractivity contribution in [2.24, 2.45) is 4.99 Å². The van der Waals surface area contributed by atoms with Crippen LogP contribution in [0.3, 0.4) is 0 Å². The van der Waals surface area contributed by atoms with Crippen LogP contribution < -0.4 is 5.32 Å². The molecular weight excluding hydrogens is 431 g/mol. The predicted octanol–water partition coefficient (Wildman–Crippen LogP) is 4.88. The molecule has 0 atom stereocenters. The lowest BCUT2D eigenvalue weighted by Crippen LogP contribution is -2.19. The van der Waals surface area contributed by atoms with Crippen molar-refractivity contribution in [1.82, 2.24) is 15.2 Å². The Labute approximate surface area is 197 Å². The van der Waals surface area contributed by atoms with E-state index in [0.29, 0.717) is 28.7 Å². The smallest absolute Gasteiger partial charge is 0.217 e. The molecule has 4 aromatic rings. The van der Waals surface area contributed by atoms with Crippen molar-refractivity contribution >= 4 is 28.2 Å². The third-order valence-corrected chi connectivity index (χ3v) is 5.40. The Balaban J connectivity index is 1.84. The number of aromatic nitrogens is 1. The predicted molar refractivity (Wildman–Crippen MR) is 133 cm³/mol. The molecule has 3 aromatic carbocycles. The Morgan fingerprint density at radius 1 is 1.06 bits per heavy atom. The van der Waals surface area contributed by atoms with Crippen molar-refractivity contribution in [3.8, 4) is 5.88 Å². The van der Waals surface area contributed by atoms with E-state index in [1.54, 1.807) is 6.07 Å². The standard InChI is InChI=1S/C27H27FN4O2/c1-17(33)29-15-19-5-4-6-20(13-19)26(30-22-10-7-18(8-11-22)16-32(2)3)25-23-12-9-21(28)14-24(23)31-27(25)34/h4-14,31,34H,15-16H2,1-3H3,(H,29,33). The van der Waals surface area contributed by atoms with Gasteiger partial charge in [-0.3, -0.25) is 4.79 Å². The monoisotopic (exact) mass is 458 g/mol. The lowest BCUT2D eigenvalue weighted by Gasteiger charge is -2.11. The number of benzene rings is 3. The average Bonchev–Trinajstić information content (AvgIpc) is 3.11. The molecule has 0 aliphatic rings. The summed E-state index contributed by atoms with van der Waals surface area (Å²) in [5.74, 6) is -0.600. The number of nitrogens with one attached hydrogen (secondary N) is 2. The first-order chi connectivity index (χ1) is 16.3. The number of carbonyl (C=O) groups is 1. The average molecular weight is 459 g/mol. The highest BCUT2D eigenvalue weighted by molar-refractivity contribution is 6.21. The number of nitrogens with zero attached hydrogens (tertiary/aromatic N) is 2. The van der Waals surface area contributed by atoms with E-state index in [2.05, 4.69) is 15.2 Å². The molecular formula is C27H27FN4O2. The molecule has 0 saturated heterocycles. The van der Waals surface area contributed by atoms with Crippen LogP contribution in [0.15, 0.2) is 71.7 Å². The Morgan fingerprint density at radius 3 is 2.53 bits per heavy atom. The van der Waals surface area contributed by atoms with Gasteiger partial charge >= 0.3 is 0 Å². The van der Waals surface area contributed by atoms with E-state index < -0.39 is 5.82 Å². The maximum absolute atomic E-state index is 13.8. The minimum Gasteiger partial charge on any atom is -0.494 e. The molecule has 3 N–H and O–H groups in total. The number of amides is 1. The number of carbonyl (C=O) groups excluding carboxylic acids is 1. The van der Waals surface area contributed by atoms with Crippen LogP contribution in [0.5, 0.6) is 5.88 Å². The SMILES string of the molecule is CC(=O)NCc1cccc(C(=Nc2ccc(CN(C)C)cc2)c2c(O)[nH]c3cc(F)ccc23)c1. The lowest BCUT2D eigenvalue weighted by atomic mass is 9.99. The van der Waals surface area contributed by atoms with Gasteiger partial charge in [-0.1, -0.05) is 30.3 Å². The first-order valence-electron chi connectivity index (χ1n) is 11.0. The molecule has 0 fully saturated rings. The van der Waals surface area contributed by atoms with Crippen molar-refractivity contribution in [1.29, 1.82) is 0 Å². The molecule has 174 valence electrons. The number of aliphatic imine (C=N–C) groups is 1. The number of halogens is 1. The number of rotatable bonds is 7. The molecule has 1 aromatic heterocycles. The fraction of sp³-hybridized carbons (Fsp3) is 0.185. The number of hydrogen-bond acceptors (Lipinski definition) is 4. The summed E-state index contributed by atoms with van der Waals surface area (Å²) in [6, 6.07) is 19.9. The van der Waals surface area contributed by atoms with Crippen molar-refractivity contribution < 1.29 is 14.3 Å². The molecule has 7 heteroatoms. The van der Waals surface area contributed by atoms with Crippen LogP contribution in [-0.2, 0) is 17.9 Å². The summed E-state index contributed by atoms with van der Waals surface area (Å²) in [7, 11) is 4.03. The molecule has 1 heterocycles. The van der Waals surface area contributed by atoms with Gasteiger partial charge in [0.15, 0.2) is 5.88 Å². The molecule has 0 radical (unpaired) electrons. The molecule has 4 rings (SSSR count). The second-order valence-corrected chi connectivity index (χ2v) is 8.51. The number of H-pyrrole nitrogens is 1. The van der Waals surface area contributed by atoms with Gasteiger partial charge in [-0.2, -0.15) is 0 Å². The largest absolute Gasteiger partial charge is 0.494 e. The molecule has 0 aliphatic heterocycles. The molecule has 0 bridgehead atoms. The van der Waals surface area contributed by atoms with Crippen LogP contribution in [0, 0.1) is 5.82 Å². The summed E-state index contributed by atoms with van der Waals surface area (Å²) in [5.41, 5.74) is 5.06. The second-order valence-electron chi connectivity index (χ2n) is 8.51. The highest BCUT2D eigenvalue weighted by atomic mass is 19.1. The van der Waals surface area contributed by atoms with E-state index in [-0.39, 0.29) is 11.8 Å². The van der Waals surface area contributed by atoms with E-state index >= 15 is 0 Å². The Kier molecular flexibility index (Phi) is 6.75. The zero-order valence-electron chi connectivity index (χ0n) is 19.4. The number of aromatic hydroxyl groups is 1. The van der Waals surface area contributed by atoms with Crippen molar-refractivity contribution in [3.05, 3.63) is 94.8 Å². The molecule has 1 amide bonds. The zero-order valence-corrected chi connectivity index (χ0v) is 19.4. The summed E-state index contributed by atoms with van der Waals surface area (Å²) in [6.45, 7) is 2.66. The summed E-state index contributed by atoms with van der Waals surface area (Å²) >= 11 is 0. The number of hydrogen-bond donors (Lipinski definition) is 3. The Hall–Kier alpha value is -3.97. The van der Waals surface area contributed by atoms with Crippen LogP contribution in [0.1, 0.15) is 29.2 Å². The van der Waals surface area contributed by atoms with Crippen LogP contribution in [0.2, 0.25) is 0 Å². The zero-order chi connectivity index (χ0) is 24.2. The Bertz CT molecular complexity index is 1360. The van der Waals surface area contributed by atoms with Gasteiger partial charge in [0, 0.05) is 31.0 Å². The van der Waals surface area contributed by atoms with Crippen LogP contribution in [0.4, 0.5) is 10.1 Å². The van der Waals surface area contributed by atoms with Crippen molar-refractivity contribution in [3.63, 3.8) is 0 Å². The summed E-state index contributed by atoms with van der Waals surface area (Å²) in [6.07, 6.45) is 0. The molecule has 0 saturated carbocycles. The topological polar surface area (TPSA) is 80.7 Å². The van der Waals surface area contributed by atoms with Gasteiger partial charge in [-0.15, -0.1) is 0 Å². The maximum atomic E-state index is 13.8. The molecule has 0 aliphatic carbocycles. The third kappa shape index (κ3) is 5.32. The van der Waals surface area contributed by atoms with Gasteiger partial charge in [0.05, 0.1) is 22.5 Å². The summed E-state index contributed by atoms with van der Waals surface area (Å²) in [4.78, 5) is 21.2. The van der Waals surface area contributed by atoms with Gasteiger partial charge in [-0.05, 0) is 61.6 Å². The van der Waals surface area contributed by atoms with Crippen LogP contribution in [0.25, 0.3) is 10.9 Å². The van der Waals surface area contributed by atoms with Crippen molar-refractivity contribution in [2.45, 2.75) is 20.0 Å². The quantitative estimate of drug-likeness (QED) is 0.345. The van der Waals surface area contributed by atoms with Gasteiger partial charge in [0.2, 0.25) is 5.91 Å². The molecule has 0 unspecified atom stereocenters. The van der Waals surface area contributed by atoms with E-state index in [4.69, 9.17) is 4.99 Å². The summed E-state index contributed by atoms with van der Waals surface area (Å²) in [5, 5.41) is 14.3. The van der Waals surface area contributed by atoms with Crippen molar-refractivity contribution in [2.75, 3.05) is 14.1 Å². The number of aromatic amines is 1. The van der Waals surface area contributed by atoms with E-state index in [0.717, 1.165) is 28.9 Å². The maximum Gasteiger partial charge on any atom is 0.217 e. The Morgan fingerprint density at radius 2 is 1.82 bits per heavy atom. The highest BCUT2D eigenvalue weighted by Gasteiger charge is 2.19. The minimum atomic E-state index is -0.396. The van der Waals surface area contributed by atoms with Gasteiger partial charge in [0.25, 0.3) is 0 Å². The minimum absolute atomic E-state index is 0.0872. The van der Waals surface area contributed by atoms with Crippen LogP contribution >= 0.6 is 0 Å². The second kappa shape index (κ2) is 9.89. The van der Waals surface area contributed by atoms with E-state index in [9.17, 15) is 14.3 Å². The number of fused-ring (bicyclic) bond motifs is 1. The lowest BCUT2D eigenvalue weighted by molar-refractivity contribution is -0.119. The highest BCUT2D eigenvalue weighted by Crippen LogP contribution is 2.32. The fourth-order valence-corrected chi connectivity index (χ4v) is 3.89. The molecule has 0 spiro atoms. The molecule has 6 nitrogen and oxygen atoms in total. The first kappa shape index (κ1) is 23.2. The van der Waals surface area contributed by atoms with Gasteiger partial charge in [-0.25, -0.2) is 9.38 Å². The van der Waals surface area contributed by atoms with Gasteiger partial charge < -0.3 is 20.3 Å². The normalized spacial score (nSPS) is 11.9. The first-order valence-corrected chi connectivity index (χ1v) is 11.0. The third-order valence-electron chi connectivity index (χ3n) is 5.40. The summed E-state index contributed by atoms with van der Waals surface area (Å²) < 4.78 is 13.8. The molecule has 34 heavy (non-hydrogen) atoms. The van der Waals surface area contributed by atoms with Gasteiger partial charge in [0.1, 0.15) is 5.82 Å². The fourth-order valence-electron chi connectivity index (χ4n) is 3.89. The van der Waals surface area contributed by atoms with E-state index in [1.807, 2.05) is 62.6 Å². The van der Waals surface area contributed by atoms with Crippen LogP contribution in [-0.4, -0.2) is 40.7 Å². The van der Waals surface area contributed by atoms with E-state index in [1.165, 1.54) is 19.1 Å².